The molecule has 0 saturated carbocycles. The summed E-state index contributed by atoms with van der Waals surface area (Å²) in [6.07, 6.45) is 8.61. The number of para-hydroxylation sites is 1. The highest BCUT2D eigenvalue weighted by molar-refractivity contribution is 5.40. The van der Waals surface area contributed by atoms with Crippen molar-refractivity contribution in [3.8, 4) is 18.1 Å². The molecule has 21 heavy (non-hydrogen) atoms. The Labute approximate surface area is 127 Å². The molecule has 2 rings (SSSR count). The second kappa shape index (κ2) is 7.36. The van der Waals surface area contributed by atoms with E-state index in [1.807, 2.05) is 42.5 Å². The Morgan fingerprint density at radius 2 is 1.71 bits per heavy atom. The third-order valence-electron chi connectivity index (χ3n) is 3.26. The van der Waals surface area contributed by atoms with Gasteiger partial charge < -0.3 is 4.74 Å². The molecule has 2 aromatic rings. The molecule has 0 atom stereocenters. The van der Waals surface area contributed by atoms with Gasteiger partial charge in [-0.15, -0.1) is 6.42 Å². The summed E-state index contributed by atoms with van der Waals surface area (Å²) in [6.45, 7) is 4.70. The van der Waals surface area contributed by atoms with E-state index in [0.717, 1.165) is 23.3 Å². The van der Waals surface area contributed by atoms with Crippen LogP contribution in [0.15, 0.2) is 60.2 Å². The van der Waals surface area contributed by atoms with Gasteiger partial charge in [0.15, 0.2) is 0 Å². The fourth-order valence-electron chi connectivity index (χ4n) is 2.07. The quantitative estimate of drug-likeness (QED) is 0.565. The van der Waals surface area contributed by atoms with E-state index in [1.165, 1.54) is 11.1 Å². The first-order valence-electron chi connectivity index (χ1n) is 7.09. The van der Waals surface area contributed by atoms with Crippen molar-refractivity contribution in [3.63, 3.8) is 0 Å². The summed E-state index contributed by atoms with van der Waals surface area (Å²) in [5, 5.41) is 0. The van der Waals surface area contributed by atoms with Gasteiger partial charge in [0, 0.05) is 11.1 Å². The fraction of sp³-hybridized carbons (Fsp3) is 0.200. The van der Waals surface area contributed by atoms with E-state index < -0.39 is 0 Å². The lowest BCUT2D eigenvalue weighted by Crippen LogP contribution is -2.00. The van der Waals surface area contributed by atoms with Crippen LogP contribution < -0.4 is 4.74 Å². The van der Waals surface area contributed by atoms with E-state index in [9.17, 15) is 0 Å². The Balaban J connectivity index is 2.13. The van der Waals surface area contributed by atoms with Gasteiger partial charge in [-0.2, -0.15) is 0 Å². The standard InChI is InChI=1S/C20H20O/c1-4-17-9-5-6-11-19(17)15-21-20-12-8-7-10-18(20)14-13-16(2)3/h1,5-13H,14-15H2,2-3H3. The largest absolute Gasteiger partial charge is 0.489 e. The number of ether oxygens (including phenoxy) is 1. The predicted molar refractivity (Wildman–Crippen MR) is 88.3 cm³/mol. The Morgan fingerprint density at radius 1 is 1.05 bits per heavy atom. The molecule has 2 aromatic carbocycles. The molecule has 106 valence electrons. The van der Waals surface area contributed by atoms with E-state index in [0.29, 0.717) is 6.61 Å². The van der Waals surface area contributed by atoms with Crippen molar-refractivity contribution in [2.75, 3.05) is 0 Å². The van der Waals surface area contributed by atoms with Gasteiger partial charge in [0.1, 0.15) is 12.4 Å². The number of benzene rings is 2. The normalized spacial score (nSPS) is 9.76. The predicted octanol–water partition coefficient (Wildman–Crippen LogP) is 4.76. The average Bonchev–Trinajstić information content (AvgIpc) is 2.51. The molecule has 0 aromatic heterocycles. The summed E-state index contributed by atoms with van der Waals surface area (Å²) in [4.78, 5) is 0. The molecule has 0 heterocycles. The molecule has 0 radical (unpaired) electrons. The maximum Gasteiger partial charge on any atom is 0.123 e. The topological polar surface area (TPSA) is 9.23 Å². The van der Waals surface area contributed by atoms with E-state index >= 15 is 0 Å². The monoisotopic (exact) mass is 276 g/mol. The van der Waals surface area contributed by atoms with Crippen molar-refractivity contribution in [2.45, 2.75) is 26.9 Å². The molecule has 0 amide bonds. The average molecular weight is 276 g/mol. The molecule has 0 unspecified atom stereocenters. The van der Waals surface area contributed by atoms with Crippen LogP contribution in [-0.4, -0.2) is 0 Å². The Hall–Kier alpha value is -2.46. The minimum absolute atomic E-state index is 0.492. The zero-order valence-electron chi connectivity index (χ0n) is 12.6. The molecule has 0 spiro atoms. The van der Waals surface area contributed by atoms with Gasteiger partial charge >= 0.3 is 0 Å². The molecule has 0 aliphatic heterocycles. The smallest absolute Gasteiger partial charge is 0.123 e. The van der Waals surface area contributed by atoms with Crippen LogP contribution in [0.1, 0.15) is 30.5 Å². The van der Waals surface area contributed by atoms with Crippen LogP contribution in [0.4, 0.5) is 0 Å². The first kappa shape index (κ1) is 14.9. The summed E-state index contributed by atoms with van der Waals surface area (Å²) < 4.78 is 5.97. The number of terminal acetylenes is 1. The van der Waals surface area contributed by atoms with Gasteiger partial charge in [0.05, 0.1) is 0 Å². The summed E-state index contributed by atoms with van der Waals surface area (Å²) in [7, 11) is 0. The zero-order chi connectivity index (χ0) is 15.1. The minimum atomic E-state index is 0.492. The molecule has 0 saturated heterocycles. The third kappa shape index (κ3) is 4.26. The lowest BCUT2D eigenvalue weighted by atomic mass is 10.1. The molecule has 0 aliphatic carbocycles. The first-order valence-corrected chi connectivity index (χ1v) is 7.09. The molecule has 1 heteroatoms. The van der Waals surface area contributed by atoms with Gasteiger partial charge in [-0.25, -0.2) is 0 Å². The van der Waals surface area contributed by atoms with Crippen molar-refractivity contribution in [1.82, 2.24) is 0 Å². The van der Waals surface area contributed by atoms with Crippen molar-refractivity contribution in [3.05, 3.63) is 76.9 Å². The molecule has 0 N–H and O–H groups in total. The number of hydrogen-bond donors (Lipinski definition) is 0. The van der Waals surface area contributed by atoms with Gasteiger partial charge in [0.2, 0.25) is 0 Å². The maximum absolute atomic E-state index is 5.97. The lowest BCUT2D eigenvalue weighted by Gasteiger charge is -2.11. The minimum Gasteiger partial charge on any atom is -0.489 e. The van der Waals surface area contributed by atoms with Gasteiger partial charge in [-0.3, -0.25) is 0 Å². The van der Waals surface area contributed by atoms with Crippen LogP contribution >= 0.6 is 0 Å². The highest BCUT2D eigenvalue weighted by atomic mass is 16.5. The molecule has 0 aliphatic rings. The van der Waals surface area contributed by atoms with E-state index in [4.69, 9.17) is 11.2 Å². The maximum atomic E-state index is 5.97. The van der Waals surface area contributed by atoms with Crippen LogP contribution in [0.25, 0.3) is 0 Å². The number of rotatable bonds is 5. The molecular weight excluding hydrogens is 256 g/mol. The number of allylic oxidation sites excluding steroid dienone is 2. The zero-order valence-corrected chi connectivity index (χ0v) is 12.6. The van der Waals surface area contributed by atoms with Crippen LogP contribution in [0.5, 0.6) is 5.75 Å². The van der Waals surface area contributed by atoms with Crippen LogP contribution in [0.2, 0.25) is 0 Å². The van der Waals surface area contributed by atoms with Crippen molar-refractivity contribution < 1.29 is 4.74 Å². The molecular formula is C20H20O. The Morgan fingerprint density at radius 3 is 2.43 bits per heavy atom. The highest BCUT2D eigenvalue weighted by Crippen LogP contribution is 2.21. The van der Waals surface area contributed by atoms with Crippen LogP contribution in [0.3, 0.4) is 0 Å². The van der Waals surface area contributed by atoms with Gasteiger partial charge in [0.25, 0.3) is 0 Å². The molecule has 1 nitrogen and oxygen atoms in total. The van der Waals surface area contributed by atoms with Gasteiger partial charge in [-0.1, -0.05) is 54.0 Å². The SMILES string of the molecule is C#Cc1ccccc1COc1ccccc1CC=C(C)C. The third-order valence-corrected chi connectivity index (χ3v) is 3.26. The second-order valence-corrected chi connectivity index (χ2v) is 5.18. The molecule has 0 bridgehead atoms. The first-order chi connectivity index (χ1) is 10.2. The number of hydrogen-bond acceptors (Lipinski definition) is 1. The summed E-state index contributed by atoms with van der Waals surface area (Å²) in [5.74, 6) is 3.62. The van der Waals surface area contributed by atoms with Crippen molar-refractivity contribution in [2.24, 2.45) is 0 Å². The Kier molecular flexibility index (Phi) is 5.23. The van der Waals surface area contributed by atoms with E-state index in [-0.39, 0.29) is 0 Å². The van der Waals surface area contributed by atoms with Gasteiger partial charge in [-0.05, 0) is 38.0 Å². The van der Waals surface area contributed by atoms with Crippen LogP contribution in [0, 0.1) is 12.3 Å². The summed E-state index contributed by atoms with van der Waals surface area (Å²) in [5.41, 5.74) is 4.43. The van der Waals surface area contributed by atoms with Crippen LogP contribution in [-0.2, 0) is 13.0 Å². The van der Waals surface area contributed by atoms with E-state index in [1.54, 1.807) is 0 Å². The van der Waals surface area contributed by atoms with E-state index in [2.05, 4.69) is 31.9 Å². The second-order valence-electron chi connectivity index (χ2n) is 5.18. The summed E-state index contributed by atoms with van der Waals surface area (Å²) >= 11 is 0. The Bertz CT molecular complexity index is 670. The molecule has 0 fully saturated rings. The van der Waals surface area contributed by atoms with Crippen molar-refractivity contribution in [1.29, 1.82) is 0 Å². The fourth-order valence-corrected chi connectivity index (χ4v) is 2.07. The highest BCUT2D eigenvalue weighted by Gasteiger charge is 2.04. The van der Waals surface area contributed by atoms with Crippen molar-refractivity contribution >= 4 is 0 Å². The lowest BCUT2D eigenvalue weighted by molar-refractivity contribution is 0.303. The summed E-state index contributed by atoms with van der Waals surface area (Å²) in [6, 6.07) is 16.0.